The Balaban J connectivity index is 1.51. The molecule has 2 aromatic heterocycles. The van der Waals surface area contributed by atoms with Crippen molar-refractivity contribution in [1.29, 1.82) is 0 Å². The molecule has 44 heavy (non-hydrogen) atoms. The van der Waals surface area contributed by atoms with Crippen molar-refractivity contribution in [2.24, 2.45) is 0 Å². The van der Waals surface area contributed by atoms with E-state index in [-0.39, 0.29) is 55.8 Å². The first-order valence-electron chi connectivity index (χ1n) is 14.5. The van der Waals surface area contributed by atoms with Crippen LogP contribution < -0.4 is 10.9 Å². The predicted octanol–water partition coefficient (Wildman–Crippen LogP) is 4.69. The smallest absolute Gasteiger partial charge is 0.407 e. The van der Waals surface area contributed by atoms with Gasteiger partial charge in [0.25, 0.3) is 5.56 Å². The van der Waals surface area contributed by atoms with E-state index in [2.05, 4.69) is 24.1 Å². The monoisotopic (exact) mass is 625 g/mol. The first-order chi connectivity index (χ1) is 20.6. The van der Waals surface area contributed by atoms with Crippen molar-refractivity contribution in [2.45, 2.75) is 76.2 Å². The molecule has 4 heterocycles. The Morgan fingerprint density at radius 3 is 2.55 bits per heavy atom. The zero-order chi connectivity index (χ0) is 32.2. The van der Waals surface area contributed by atoms with E-state index in [1.54, 1.807) is 56.5 Å². The van der Waals surface area contributed by atoms with Gasteiger partial charge in [-0.3, -0.25) is 9.59 Å². The number of hydrogen-bond donors (Lipinski definition) is 2. The summed E-state index contributed by atoms with van der Waals surface area (Å²) in [6.07, 6.45) is 6.10. The summed E-state index contributed by atoms with van der Waals surface area (Å²) in [6.45, 7) is 7.18. The molecule has 12 heteroatoms. The molecule has 0 bridgehead atoms. The van der Waals surface area contributed by atoms with Crippen LogP contribution in [0.3, 0.4) is 0 Å². The molecule has 1 aromatic carbocycles. The molecule has 2 aliphatic heterocycles. The third-order valence-corrected chi connectivity index (χ3v) is 9.40. The molecule has 0 spiro atoms. The van der Waals surface area contributed by atoms with Gasteiger partial charge in [-0.2, -0.15) is 0 Å². The van der Waals surface area contributed by atoms with Crippen molar-refractivity contribution >= 4 is 39.0 Å². The average molecular weight is 626 g/mol. The molecule has 5 rings (SSSR count). The van der Waals surface area contributed by atoms with E-state index in [4.69, 9.17) is 19.2 Å². The number of alkyl carbamates (subject to hydrolysis) is 1. The van der Waals surface area contributed by atoms with Gasteiger partial charge in [0.05, 0.1) is 29.0 Å². The number of carbonyl (C=O) groups excluding carboxylic acids is 3. The zero-order valence-electron chi connectivity index (χ0n) is 26.2. The summed E-state index contributed by atoms with van der Waals surface area (Å²) >= 11 is 0. The largest absolute Gasteiger partial charge is 0.508 e. The number of nitrogens with zero attached hydrogens (tertiary/aromatic N) is 2. The van der Waals surface area contributed by atoms with Crippen molar-refractivity contribution in [3.63, 3.8) is 0 Å². The number of phenols is 1. The van der Waals surface area contributed by atoms with Crippen LogP contribution >= 0.6 is 10.0 Å². The maximum Gasteiger partial charge on any atom is 0.407 e. The van der Waals surface area contributed by atoms with Crippen LogP contribution in [0.5, 0.6) is 5.75 Å². The summed E-state index contributed by atoms with van der Waals surface area (Å²) in [6, 6.07) is 6.79. The van der Waals surface area contributed by atoms with Crippen LogP contribution in [-0.4, -0.2) is 63.6 Å². The molecule has 11 nitrogen and oxygen atoms in total. The molecule has 2 aliphatic rings. The van der Waals surface area contributed by atoms with Crippen molar-refractivity contribution in [1.82, 2.24) is 14.9 Å². The number of phenolic OH excluding ortho intramolecular Hbond substituents is 1. The average Bonchev–Trinajstić information content (AvgIpc) is 3.28. The quantitative estimate of drug-likeness (QED) is 0.170. The Labute approximate surface area is 257 Å². The molecule has 236 valence electrons. The SMILES string of the molecule is CC[C@@]1(OC(=O)CCCNC(=O)OC(C)(C)C)C(=O)OCc2c1cc1n(c2=O)Cc2c-1nc1ccc(O)cc1c2S(C)(C)C. The van der Waals surface area contributed by atoms with Gasteiger partial charge >= 0.3 is 18.0 Å². The minimum atomic E-state index is -1.80. The molecule has 0 saturated carbocycles. The highest BCUT2D eigenvalue weighted by molar-refractivity contribution is 8.32. The Morgan fingerprint density at radius 2 is 1.89 bits per heavy atom. The summed E-state index contributed by atoms with van der Waals surface area (Å²) in [5, 5.41) is 13.7. The van der Waals surface area contributed by atoms with E-state index >= 15 is 0 Å². The van der Waals surface area contributed by atoms with Crippen LogP contribution in [0, 0.1) is 0 Å². The predicted molar refractivity (Wildman–Crippen MR) is 167 cm³/mol. The number of benzene rings is 1. The summed E-state index contributed by atoms with van der Waals surface area (Å²) in [5.41, 5.74) is 0.525. The van der Waals surface area contributed by atoms with Crippen LogP contribution in [-0.2, 0) is 42.6 Å². The van der Waals surface area contributed by atoms with E-state index < -0.39 is 39.3 Å². The third kappa shape index (κ3) is 5.62. The maximum absolute atomic E-state index is 14.0. The van der Waals surface area contributed by atoms with Gasteiger partial charge in [-0.25, -0.2) is 24.6 Å². The van der Waals surface area contributed by atoms with Gasteiger partial charge < -0.3 is 29.2 Å². The van der Waals surface area contributed by atoms with E-state index in [9.17, 15) is 24.3 Å². The van der Waals surface area contributed by atoms with Crippen molar-refractivity contribution < 1.29 is 33.7 Å². The van der Waals surface area contributed by atoms with Crippen molar-refractivity contribution in [3.05, 3.63) is 51.3 Å². The number of carbonyl (C=O) groups is 3. The van der Waals surface area contributed by atoms with Crippen LogP contribution in [0.2, 0.25) is 0 Å². The summed E-state index contributed by atoms with van der Waals surface area (Å²) < 4.78 is 18.2. The standard InChI is InChI=1S/C32H39N3O8S/c1-8-32(42-25(37)10-9-13-33-30(40)43-31(2,3)4)22-15-24-26-20(16-35(24)28(38)21(22)17-41-29(32)39)27(44(5,6)7)19-14-18(36)11-12-23(19)34-26/h11-12,14-15,36H,8-10,13,16-17H2,1-7H3,(H,33,40)/t32-/m0/s1. The number of cyclic esters (lactones) is 1. The zero-order valence-corrected chi connectivity index (χ0v) is 27.0. The molecule has 2 N–H and O–H groups in total. The Morgan fingerprint density at radius 1 is 1.16 bits per heavy atom. The number of amides is 1. The van der Waals surface area contributed by atoms with Gasteiger partial charge in [0.1, 0.15) is 18.0 Å². The van der Waals surface area contributed by atoms with Gasteiger partial charge in [-0.15, -0.1) is 0 Å². The second-order valence-corrected chi connectivity index (χ2v) is 17.0. The fourth-order valence-corrected chi connectivity index (χ4v) is 7.59. The molecule has 3 aromatic rings. The molecule has 0 radical (unpaired) electrons. The highest BCUT2D eigenvalue weighted by Gasteiger charge is 2.50. The molecule has 0 unspecified atom stereocenters. The molecular formula is C32H39N3O8S. The Hall–Kier alpha value is -4.06. The summed E-state index contributed by atoms with van der Waals surface area (Å²) in [5.74, 6) is -1.26. The van der Waals surface area contributed by atoms with E-state index in [1.165, 1.54) is 0 Å². The molecule has 1 amide bonds. The fraction of sp³-hybridized carbons (Fsp3) is 0.469. The number of pyridine rings is 2. The first kappa shape index (κ1) is 31.4. The Kier molecular flexibility index (Phi) is 7.94. The van der Waals surface area contributed by atoms with Crippen LogP contribution in [0.4, 0.5) is 4.79 Å². The van der Waals surface area contributed by atoms with Crippen LogP contribution in [0.1, 0.15) is 63.6 Å². The van der Waals surface area contributed by atoms with E-state index in [0.717, 1.165) is 15.8 Å². The lowest BCUT2D eigenvalue weighted by Crippen LogP contribution is -2.47. The summed E-state index contributed by atoms with van der Waals surface area (Å²) in [7, 11) is -1.35. The minimum absolute atomic E-state index is 0.0539. The topological polar surface area (TPSA) is 146 Å². The highest BCUT2D eigenvalue weighted by Crippen LogP contribution is 2.54. The summed E-state index contributed by atoms with van der Waals surface area (Å²) in [4.78, 5) is 58.2. The van der Waals surface area contributed by atoms with Crippen molar-refractivity contribution in [3.8, 4) is 17.1 Å². The van der Waals surface area contributed by atoms with E-state index in [0.29, 0.717) is 22.5 Å². The number of rotatable bonds is 7. The number of esters is 2. The van der Waals surface area contributed by atoms with Gasteiger partial charge in [0, 0.05) is 34.4 Å². The number of ether oxygens (including phenoxy) is 3. The Bertz CT molecular complexity index is 1750. The van der Waals surface area contributed by atoms with Gasteiger partial charge in [-0.05, 0) is 76.6 Å². The lowest BCUT2D eigenvalue weighted by molar-refractivity contribution is -0.189. The van der Waals surface area contributed by atoms with Gasteiger partial charge in [-0.1, -0.05) is 6.92 Å². The van der Waals surface area contributed by atoms with Crippen LogP contribution in [0.25, 0.3) is 22.3 Å². The number of aromatic hydroxyl groups is 1. The minimum Gasteiger partial charge on any atom is -0.508 e. The lowest BCUT2D eigenvalue weighted by atomic mass is 9.85. The molecular weight excluding hydrogens is 586 g/mol. The molecule has 0 fully saturated rings. The number of fused-ring (bicyclic) bond motifs is 5. The second-order valence-electron chi connectivity index (χ2n) is 12.9. The number of hydrogen-bond acceptors (Lipinski definition) is 9. The molecule has 1 atom stereocenters. The maximum atomic E-state index is 14.0. The van der Waals surface area contributed by atoms with E-state index in [1.807, 2.05) is 0 Å². The lowest BCUT2D eigenvalue weighted by Gasteiger charge is -2.35. The van der Waals surface area contributed by atoms with Gasteiger partial charge in [0.2, 0.25) is 5.60 Å². The molecule has 0 aliphatic carbocycles. The second kappa shape index (κ2) is 11.1. The van der Waals surface area contributed by atoms with Crippen LogP contribution in [0.15, 0.2) is 34.0 Å². The normalized spacial score (nSPS) is 17.8. The number of aromatic nitrogens is 2. The fourth-order valence-electron chi connectivity index (χ4n) is 5.87. The molecule has 0 saturated heterocycles. The highest BCUT2D eigenvalue weighted by atomic mass is 32.3. The van der Waals surface area contributed by atoms with Crippen molar-refractivity contribution in [2.75, 3.05) is 25.3 Å². The third-order valence-electron chi connectivity index (χ3n) is 7.71. The first-order valence-corrected chi connectivity index (χ1v) is 17.4. The van der Waals surface area contributed by atoms with Gasteiger partial charge in [0.15, 0.2) is 0 Å². The number of nitrogens with one attached hydrogen (secondary N) is 1.